The van der Waals surface area contributed by atoms with Crippen LogP contribution in [-0.4, -0.2) is 5.71 Å². The molecule has 0 N–H and O–H groups in total. The topological polar surface area (TPSA) is 12.4 Å². The summed E-state index contributed by atoms with van der Waals surface area (Å²) < 4.78 is 0. The highest BCUT2D eigenvalue weighted by atomic mass is 14.9. The molecule has 0 radical (unpaired) electrons. The Kier molecular flexibility index (Phi) is 3.26. The van der Waals surface area contributed by atoms with Crippen molar-refractivity contribution < 1.29 is 0 Å². The first-order valence-electron chi connectivity index (χ1n) is 8.95. The molecule has 118 valence electrons. The molecule has 5 rings (SSSR count). The number of hydrogen-bond acceptors (Lipinski definition) is 1. The van der Waals surface area contributed by atoms with Crippen molar-refractivity contribution in [1.82, 2.24) is 0 Å². The van der Waals surface area contributed by atoms with Gasteiger partial charge in [-0.25, -0.2) is 0 Å². The van der Waals surface area contributed by atoms with Gasteiger partial charge in [-0.3, -0.25) is 4.99 Å². The third kappa shape index (κ3) is 2.45. The Balaban J connectivity index is 1.53. The lowest BCUT2D eigenvalue weighted by atomic mass is 9.85. The molecule has 0 aromatic heterocycles. The van der Waals surface area contributed by atoms with Crippen molar-refractivity contribution in [2.24, 2.45) is 16.8 Å². The highest BCUT2D eigenvalue weighted by Crippen LogP contribution is 2.47. The maximum atomic E-state index is 5.19. The summed E-state index contributed by atoms with van der Waals surface area (Å²) >= 11 is 0. The minimum atomic E-state index is 0.231. The molecule has 2 aliphatic carbocycles. The van der Waals surface area contributed by atoms with Gasteiger partial charge in [0.1, 0.15) is 0 Å². The van der Waals surface area contributed by atoms with E-state index in [1.165, 1.54) is 28.8 Å². The van der Waals surface area contributed by atoms with Crippen molar-refractivity contribution in [3.05, 3.63) is 95.6 Å². The van der Waals surface area contributed by atoms with E-state index in [9.17, 15) is 0 Å². The third-order valence-corrected chi connectivity index (χ3v) is 5.60. The van der Waals surface area contributed by atoms with E-state index in [1.807, 2.05) is 0 Å². The first kappa shape index (κ1) is 14.0. The van der Waals surface area contributed by atoms with Crippen LogP contribution < -0.4 is 0 Å². The smallest absolute Gasteiger partial charge is 0.0824 e. The number of fused-ring (bicyclic) bond motifs is 1. The fourth-order valence-corrected chi connectivity index (χ4v) is 4.13. The van der Waals surface area contributed by atoms with E-state index in [-0.39, 0.29) is 6.04 Å². The molecule has 0 saturated heterocycles. The molecule has 1 fully saturated rings. The van der Waals surface area contributed by atoms with Crippen molar-refractivity contribution in [2.75, 3.05) is 0 Å². The number of hydrogen-bond donors (Lipinski definition) is 0. The van der Waals surface area contributed by atoms with E-state index in [0.717, 1.165) is 18.3 Å². The number of nitrogens with zero attached hydrogens (tertiary/aromatic N) is 1. The summed E-state index contributed by atoms with van der Waals surface area (Å²) in [6.07, 6.45) is 9.52. The van der Waals surface area contributed by atoms with Crippen molar-refractivity contribution in [3.8, 4) is 0 Å². The van der Waals surface area contributed by atoms with Crippen LogP contribution in [0.2, 0.25) is 0 Å². The average molecular weight is 311 g/mol. The average Bonchev–Trinajstić information content (AvgIpc) is 3.30. The Labute approximate surface area is 143 Å². The Morgan fingerprint density at radius 3 is 2.21 bits per heavy atom. The second-order valence-corrected chi connectivity index (χ2v) is 7.20. The van der Waals surface area contributed by atoms with Crippen LogP contribution in [0.1, 0.15) is 35.9 Å². The van der Waals surface area contributed by atoms with E-state index in [2.05, 4.69) is 78.9 Å². The molecule has 0 bridgehead atoms. The van der Waals surface area contributed by atoms with Gasteiger partial charge in [0, 0.05) is 11.6 Å². The van der Waals surface area contributed by atoms with E-state index >= 15 is 0 Å². The highest BCUT2D eigenvalue weighted by Gasteiger charge is 2.38. The summed E-state index contributed by atoms with van der Waals surface area (Å²) in [6.45, 7) is 0. The van der Waals surface area contributed by atoms with Crippen LogP contribution in [0.25, 0.3) is 0 Å². The maximum absolute atomic E-state index is 5.19. The molecule has 2 aromatic rings. The standard InChI is InChI=1S/C23H21N/c1-3-7-16(8-4-1)21-15-22(19-12-11-18-13-20(18)14-19)24-23(21)17-9-5-2-6-10-17/h1-12,14,18,20-21,23H,13,15H2. The van der Waals surface area contributed by atoms with Gasteiger partial charge in [-0.05, 0) is 41.4 Å². The van der Waals surface area contributed by atoms with Gasteiger partial charge >= 0.3 is 0 Å². The lowest BCUT2D eigenvalue weighted by Crippen LogP contribution is -2.06. The second kappa shape index (κ2) is 5.59. The first-order chi connectivity index (χ1) is 11.9. The molecule has 1 heteroatoms. The molecule has 0 spiro atoms. The van der Waals surface area contributed by atoms with Crippen molar-refractivity contribution >= 4 is 5.71 Å². The largest absolute Gasteiger partial charge is 0.280 e. The Bertz CT molecular complexity index is 829. The van der Waals surface area contributed by atoms with E-state index < -0.39 is 0 Å². The summed E-state index contributed by atoms with van der Waals surface area (Å²) in [4.78, 5) is 5.19. The SMILES string of the molecule is C1=CC2CC2C=C1C1=NC(c2ccccc2)C(c2ccccc2)C1. The molecule has 1 saturated carbocycles. The summed E-state index contributed by atoms with van der Waals surface area (Å²) in [7, 11) is 0. The molecule has 4 unspecified atom stereocenters. The van der Waals surface area contributed by atoms with E-state index in [4.69, 9.17) is 4.99 Å². The summed E-state index contributed by atoms with van der Waals surface area (Å²) in [6, 6.07) is 21.9. The normalized spacial score (nSPS) is 30.5. The number of allylic oxidation sites excluding steroid dienone is 4. The number of aliphatic imine (C=N–C) groups is 1. The molecule has 1 aliphatic heterocycles. The molecule has 0 amide bonds. The summed E-state index contributed by atoms with van der Waals surface area (Å²) in [5.74, 6) is 2.03. The van der Waals surface area contributed by atoms with Crippen LogP contribution in [0.5, 0.6) is 0 Å². The van der Waals surface area contributed by atoms with Crippen molar-refractivity contribution in [3.63, 3.8) is 0 Å². The van der Waals surface area contributed by atoms with E-state index in [0.29, 0.717) is 5.92 Å². The van der Waals surface area contributed by atoms with Gasteiger partial charge in [0.2, 0.25) is 0 Å². The molecule has 3 aliphatic rings. The predicted molar refractivity (Wildman–Crippen MR) is 99.2 cm³/mol. The minimum Gasteiger partial charge on any atom is -0.280 e. The zero-order valence-corrected chi connectivity index (χ0v) is 13.7. The minimum absolute atomic E-state index is 0.231. The Hall–Kier alpha value is -2.41. The summed E-state index contributed by atoms with van der Waals surface area (Å²) in [5, 5.41) is 0. The lowest BCUT2D eigenvalue weighted by molar-refractivity contribution is 0.614. The zero-order valence-electron chi connectivity index (χ0n) is 13.7. The monoisotopic (exact) mass is 311 g/mol. The Morgan fingerprint density at radius 1 is 0.792 bits per heavy atom. The highest BCUT2D eigenvalue weighted by molar-refractivity contribution is 6.04. The van der Waals surface area contributed by atoms with Crippen LogP contribution in [-0.2, 0) is 0 Å². The fraction of sp³-hybridized carbons (Fsp3) is 0.261. The van der Waals surface area contributed by atoms with Crippen LogP contribution in [0.4, 0.5) is 0 Å². The van der Waals surface area contributed by atoms with E-state index in [1.54, 1.807) is 0 Å². The molecular formula is C23H21N. The zero-order chi connectivity index (χ0) is 15.9. The van der Waals surface area contributed by atoms with Crippen LogP contribution >= 0.6 is 0 Å². The predicted octanol–water partition coefficient (Wildman–Crippen LogP) is 5.49. The second-order valence-electron chi connectivity index (χ2n) is 7.20. The van der Waals surface area contributed by atoms with Gasteiger partial charge < -0.3 is 0 Å². The Morgan fingerprint density at radius 2 is 1.50 bits per heavy atom. The first-order valence-corrected chi connectivity index (χ1v) is 8.95. The van der Waals surface area contributed by atoms with Gasteiger partial charge in [0.25, 0.3) is 0 Å². The molecule has 1 heterocycles. The maximum Gasteiger partial charge on any atom is 0.0824 e. The lowest BCUT2D eigenvalue weighted by Gasteiger charge is -2.18. The number of benzene rings is 2. The van der Waals surface area contributed by atoms with Crippen LogP contribution in [0.3, 0.4) is 0 Å². The van der Waals surface area contributed by atoms with Gasteiger partial charge in [0.05, 0.1) is 6.04 Å². The molecule has 1 nitrogen and oxygen atoms in total. The number of rotatable bonds is 3. The van der Waals surface area contributed by atoms with Crippen molar-refractivity contribution in [2.45, 2.75) is 24.8 Å². The fourth-order valence-electron chi connectivity index (χ4n) is 4.13. The molecular weight excluding hydrogens is 290 g/mol. The van der Waals surface area contributed by atoms with Gasteiger partial charge in [-0.1, -0.05) is 78.9 Å². The molecule has 4 atom stereocenters. The molecule has 2 aromatic carbocycles. The van der Waals surface area contributed by atoms with Crippen molar-refractivity contribution in [1.29, 1.82) is 0 Å². The van der Waals surface area contributed by atoms with Crippen LogP contribution in [0.15, 0.2) is 89.5 Å². The summed E-state index contributed by atoms with van der Waals surface area (Å²) in [5.41, 5.74) is 5.38. The molecule has 24 heavy (non-hydrogen) atoms. The quantitative estimate of drug-likeness (QED) is 0.711. The van der Waals surface area contributed by atoms with Gasteiger partial charge in [-0.2, -0.15) is 0 Å². The van der Waals surface area contributed by atoms with Gasteiger partial charge in [0.15, 0.2) is 0 Å². The van der Waals surface area contributed by atoms with Crippen LogP contribution in [0, 0.1) is 11.8 Å². The van der Waals surface area contributed by atoms with Gasteiger partial charge in [-0.15, -0.1) is 0 Å². The third-order valence-electron chi connectivity index (χ3n) is 5.60.